The molecule has 1 aromatic rings. The van der Waals surface area contributed by atoms with Gasteiger partial charge < -0.3 is 19.9 Å². The van der Waals surface area contributed by atoms with Gasteiger partial charge in [-0.25, -0.2) is 4.99 Å². The van der Waals surface area contributed by atoms with Crippen LogP contribution in [0.15, 0.2) is 22.7 Å². The minimum Gasteiger partial charge on any atom is -0.377 e. The van der Waals surface area contributed by atoms with E-state index in [9.17, 15) is 0 Å². The molecule has 7 heteroatoms. The van der Waals surface area contributed by atoms with Crippen molar-refractivity contribution in [3.63, 3.8) is 0 Å². The van der Waals surface area contributed by atoms with E-state index in [2.05, 4.69) is 28.6 Å². The largest absolute Gasteiger partial charge is 0.377 e. The topological polar surface area (TPSA) is 50.6 Å². The number of ether oxygens (including phenoxy) is 1. The van der Waals surface area contributed by atoms with E-state index < -0.39 is 0 Å². The SMILES string of the molecule is CCNC(=NCc1cc(Cl)c(Cl)n1C)NCCC1=CCOCC1. The maximum Gasteiger partial charge on any atom is 0.191 e. The number of aliphatic imine (C=N–C) groups is 1. The predicted molar refractivity (Wildman–Crippen MR) is 96.4 cm³/mol. The predicted octanol–water partition coefficient (Wildman–Crippen LogP) is 3.12. The van der Waals surface area contributed by atoms with Crippen molar-refractivity contribution in [2.45, 2.75) is 26.3 Å². The van der Waals surface area contributed by atoms with Crippen molar-refractivity contribution < 1.29 is 4.74 Å². The summed E-state index contributed by atoms with van der Waals surface area (Å²) in [5, 5.41) is 7.71. The molecule has 5 nitrogen and oxygen atoms in total. The molecule has 128 valence electrons. The van der Waals surface area contributed by atoms with Gasteiger partial charge in [0.05, 0.1) is 24.8 Å². The van der Waals surface area contributed by atoms with Gasteiger partial charge in [-0.1, -0.05) is 34.9 Å². The number of guanidine groups is 1. The van der Waals surface area contributed by atoms with Crippen molar-refractivity contribution in [1.29, 1.82) is 0 Å². The first-order valence-corrected chi connectivity index (χ1v) is 8.64. The lowest BCUT2D eigenvalue weighted by Crippen LogP contribution is -2.38. The zero-order chi connectivity index (χ0) is 16.7. The zero-order valence-electron chi connectivity index (χ0n) is 13.7. The van der Waals surface area contributed by atoms with Crippen LogP contribution in [0.3, 0.4) is 0 Å². The molecule has 1 aromatic heterocycles. The highest BCUT2D eigenvalue weighted by Crippen LogP contribution is 2.25. The van der Waals surface area contributed by atoms with Gasteiger partial charge in [0.2, 0.25) is 0 Å². The van der Waals surface area contributed by atoms with Crippen LogP contribution < -0.4 is 10.6 Å². The molecule has 1 aliphatic heterocycles. The Morgan fingerprint density at radius 2 is 2.22 bits per heavy atom. The van der Waals surface area contributed by atoms with Crippen LogP contribution >= 0.6 is 23.2 Å². The zero-order valence-corrected chi connectivity index (χ0v) is 15.2. The Labute approximate surface area is 147 Å². The second-order valence-corrected chi connectivity index (χ2v) is 6.16. The first kappa shape index (κ1) is 18.2. The summed E-state index contributed by atoms with van der Waals surface area (Å²) in [5.41, 5.74) is 2.42. The molecular formula is C16H24Cl2N4O. The molecule has 2 heterocycles. The molecule has 0 aromatic carbocycles. The minimum absolute atomic E-state index is 0.523. The molecule has 2 rings (SSSR count). The number of nitrogens with zero attached hydrogens (tertiary/aromatic N) is 2. The first-order valence-electron chi connectivity index (χ1n) is 7.89. The number of halogens is 2. The maximum absolute atomic E-state index is 6.08. The monoisotopic (exact) mass is 358 g/mol. The van der Waals surface area contributed by atoms with E-state index in [0.717, 1.165) is 50.8 Å². The Kier molecular flexibility index (Phi) is 7.27. The van der Waals surface area contributed by atoms with Gasteiger partial charge in [0, 0.05) is 25.8 Å². The van der Waals surface area contributed by atoms with Gasteiger partial charge in [0.1, 0.15) is 5.15 Å². The summed E-state index contributed by atoms with van der Waals surface area (Å²) in [6.07, 6.45) is 4.20. The van der Waals surface area contributed by atoms with Crippen molar-refractivity contribution in [2.24, 2.45) is 12.0 Å². The number of hydrogen-bond acceptors (Lipinski definition) is 2. The van der Waals surface area contributed by atoms with Gasteiger partial charge >= 0.3 is 0 Å². The molecule has 0 radical (unpaired) electrons. The summed E-state index contributed by atoms with van der Waals surface area (Å²) in [4.78, 5) is 4.59. The highest BCUT2D eigenvalue weighted by Gasteiger charge is 2.09. The quantitative estimate of drug-likeness (QED) is 0.466. The van der Waals surface area contributed by atoms with Crippen LogP contribution in [0.2, 0.25) is 10.2 Å². The van der Waals surface area contributed by atoms with Crippen molar-refractivity contribution in [1.82, 2.24) is 15.2 Å². The van der Waals surface area contributed by atoms with Crippen LogP contribution in [0.1, 0.15) is 25.5 Å². The molecule has 0 saturated carbocycles. The van der Waals surface area contributed by atoms with Crippen molar-refractivity contribution >= 4 is 29.2 Å². The molecule has 1 aliphatic rings. The fourth-order valence-corrected chi connectivity index (χ4v) is 2.79. The third kappa shape index (κ3) is 5.44. The average molecular weight is 359 g/mol. The standard InChI is InChI=1S/C16H24Cl2N4O/c1-3-19-16(20-7-4-12-5-8-23-9-6-12)21-11-13-10-14(17)15(18)22(13)2/h5,10H,3-4,6-9,11H2,1-2H3,(H2,19,20,21). The summed E-state index contributed by atoms with van der Waals surface area (Å²) in [5.74, 6) is 0.800. The number of hydrogen-bond donors (Lipinski definition) is 2. The molecule has 23 heavy (non-hydrogen) atoms. The van der Waals surface area contributed by atoms with E-state index >= 15 is 0 Å². The van der Waals surface area contributed by atoms with Crippen molar-refractivity contribution in [3.8, 4) is 0 Å². The van der Waals surface area contributed by atoms with Crippen molar-refractivity contribution in [2.75, 3.05) is 26.3 Å². The van der Waals surface area contributed by atoms with Crippen LogP contribution in [0.4, 0.5) is 0 Å². The summed E-state index contributed by atoms with van der Waals surface area (Å²) in [6, 6.07) is 1.85. The molecule has 0 saturated heterocycles. The fraction of sp³-hybridized carbons (Fsp3) is 0.562. The van der Waals surface area contributed by atoms with E-state index in [1.165, 1.54) is 5.57 Å². The van der Waals surface area contributed by atoms with Crippen LogP contribution in [0.5, 0.6) is 0 Å². The fourth-order valence-electron chi connectivity index (χ4n) is 2.38. The first-order chi connectivity index (χ1) is 11.1. The summed E-state index contributed by atoms with van der Waals surface area (Å²) in [6.45, 7) is 5.81. The second kappa shape index (κ2) is 9.21. The Morgan fingerprint density at radius 3 is 2.83 bits per heavy atom. The van der Waals surface area contributed by atoms with E-state index in [1.807, 2.05) is 17.7 Å². The molecule has 0 aliphatic carbocycles. The van der Waals surface area contributed by atoms with E-state index in [0.29, 0.717) is 16.7 Å². The van der Waals surface area contributed by atoms with E-state index in [1.54, 1.807) is 0 Å². The van der Waals surface area contributed by atoms with Crippen LogP contribution in [0, 0.1) is 0 Å². The molecule has 0 amide bonds. The highest BCUT2D eigenvalue weighted by molar-refractivity contribution is 6.41. The molecule has 0 fully saturated rings. The molecule has 0 atom stereocenters. The summed E-state index contributed by atoms with van der Waals surface area (Å²) in [7, 11) is 1.89. The molecule has 0 spiro atoms. The average Bonchev–Trinajstić information content (AvgIpc) is 2.81. The molecular weight excluding hydrogens is 335 g/mol. The Morgan fingerprint density at radius 1 is 1.39 bits per heavy atom. The van der Waals surface area contributed by atoms with E-state index in [4.69, 9.17) is 27.9 Å². The van der Waals surface area contributed by atoms with Gasteiger partial charge in [-0.3, -0.25) is 0 Å². The Bertz CT molecular complexity index is 581. The van der Waals surface area contributed by atoms with Crippen LogP contribution in [-0.4, -0.2) is 36.8 Å². The third-order valence-corrected chi connectivity index (χ3v) is 4.60. The van der Waals surface area contributed by atoms with Crippen LogP contribution in [0.25, 0.3) is 0 Å². The van der Waals surface area contributed by atoms with Crippen LogP contribution in [-0.2, 0) is 18.3 Å². The lowest BCUT2D eigenvalue weighted by molar-refractivity contribution is 0.153. The second-order valence-electron chi connectivity index (χ2n) is 5.39. The lowest BCUT2D eigenvalue weighted by atomic mass is 10.1. The van der Waals surface area contributed by atoms with Crippen molar-refractivity contribution in [3.05, 3.63) is 33.6 Å². The molecule has 2 N–H and O–H groups in total. The summed E-state index contributed by atoms with van der Waals surface area (Å²) >= 11 is 12.1. The number of nitrogens with one attached hydrogen (secondary N) is 2. The highest BCUT2D eigenvalue weighted by atomic mass is 35.5. The van der Waals surface area contributed by atoms with Gasteiger partial charge in [-0.05, 0) is 25.8 Å². The van der Waals surface area contributed by atoms with Gasteiger partial charge in [0.15, 0.2) is 5.96 Å². The lowest BCUT2D eigenvalue weighted by Gasteiger charge is -2.15. The molecule has 0 bridgehead atoms. The number of rotatable bonds is 6. The maximum atomic E-state index is 6.08. The summed E-state index contributed by atoms with van der Waals surface area (Å²) < 4.78 is 7.17. The molecule has 0 unspecified atom stereocenters. The van der Waals surface area contributed by atoms with Gasteiger partial charge in [-0.15, -0.1) is 0 Å². The number of aromatic nitrogens is 1. The Hall–Kier alpha value is -1.17. The smallest absolute Gasteiger partial charge is 0.191 e. The minimum atomic E-state index is 0.523. The Balaban J connectivity index is 1.88. The van der Waals surface area contributed by atoms with Gasteiger partial charge in [-0.2, -0.15) is 0 Å². The van der Waals surface area contributed by atoms with E-state index in [-0.39, 0.29) is 0 Å². The normalized spacial score (nSPS) is 15.5. The third-order valence-electron chi connectivity index (χ3n) is 3.76. The van der Waals surface area contributed by atoms with Gasteiger partial charge in [0.25, 0.3) is 0 Å².